The van der Waals surface area contributed by atoms with Crippen LogP contribution >= 0.6 is 0 Å². The van der Waals surface area contributed by atoms with Crippen LogP contribution in [0.2, 0.25) is 0 Å². The molecule has 0 saturated heterocycles. The monoisotopic (exact) mass is 196 g/mol. The fraction of sp³-hybridized carbons (Fsp3) is 0.333. The summed E-state index contributed by atoms with van der Waals surface area (Å²) in [6.07, 6.45) is 1.59. The van der Waals surface area contributed by atoms with Gasteiger partial charge in [-0.05, 0) is 24.6 Å². The fourth-order valence-electron chi connectivity index (χ4n) is 0.870. The van der Waals surface area contributed by atoms with Crippen LogP contribution < -0.4 is 4.74 Å². The van der Waals surface area contributed by atoms with Crippen molar-refractivity contribution in [2.75, 3.05) is 6.61 Å². The van der Waals surface area contributed by atoms with Crippen LogP contribution in [-0.4, -0.2) is 6.61 Å². The molecule has 14 heavy (non-hydrogen) atoms. The van der Waals surface area contributed by atoms with Gasteiger partial charge in [-0.1, -0.05) is 32.6 Å². The highest BCUT2D eigenvalue weighted by atomic mass is 19.1. The van der Waals surface area contributed by atoms with Gasteiger partial charge in [0.1, 0.15) is 6.61 Å². The predicted molar refractivity (Wildman–Crippen MR) is 58.2 cm³/mol. The Morgan fingerprint density at radius 2 is 2.07 bits per heavy atom. The van der Waals surface area contributed by atoms with Crippen molar-refractivity contribution in [2.45, 2.75) is 20.8 Å². The first kappa shape index (κ1) is 12.7. The van der Waals surface area contributed by atoms with Gasteiger partial charge in [0.05, 0.1) is 0 Å². The first-order valence-electron chi connectivity index (χ1n) is 4.74. The molecule has 1 aromatic carbocycles. The lowest BCUT2D eigenvalue weighted by Crippen LogP contribution is -1.95. The zero-order valence-electron chi connectivity index (χ0n) is 9.01. The molecule has 2 heteroatoms. The number of ether oxygens (including phenoxy) is 1. The Hall–Kier alpha value is -1.31. The molecule has 1 aromatic rings. The molecule has 1 nitrogen and oxygen atoms in total. The van der Waals surface area contributed by atoms with E-state index in [0.717, 1.165) is 5.56 Å². The summed E-state index contributed by atoms with van der Waals surface area (Å²) in [5.74, 6) is -0.0441. The van der Waals surface area contributed by atoms with E-state index >= 15 is 0 Å². The zero-order chi connectivity index (χ0) is 11.0. The van der Waals surface area contributed by atoms with Crippen LogP contribution in [0, 0.1) is 12.7 Å². The summed E-state index contributed by atoms with van der Waals surface area (Å²) in [6.45, 7) is 9.70. The first-order chi connectivity index (χ1) is 6.74. The van der Waals surface area contributed by atoms with Crippen LogP contribution in [0.3, 0.4) is 0 Å². The van der Waals surface area contributed by atoms with Crippen LogP contribution in [0.4, 0.5) is 4.39 Å². The van der Waals surface area contributed by atoms with Gasteiger partial charge in [0.15, 0.2) is 11.6 Å². The normalized spacial score (nSPS) is 8.57. The van der Waals surface area contributed by atoms with E-state index in [1.165, 1.54) is 6.07 Å². The molecule has 0 aliphatic rings. The van der Waals surface area contributed by atoms with Gasteiger partial charge in [0, 0.05) is 0 Å². The van der Waals surface area contributed by atoms with Gasteiger partial charge in [-0.15, -0.1) is 0 Å². The maximum absolute atomic E-state index is 12.9. The molecule has 0 N–H and O–H groups in total. The molecule has 0 fully saturated rings. The number of halogens is 1. The van der Waals surface area contributed by atoms with Crippen LogP contribution in [0.25, 0.3) is 0 Å². The molecular weight excluding hydrogens is 179 g/mol. The van der Waals surface area contributed by atoms with Crippen LogP contribution in [0.15, 0.2) is 30.9 Å². The van der Waals surface area contributed by atoms with E-state index < -0.39 is 0 Å². The first-order valence-corrected chi connectivity index (χ1v) is 4.74. The topological polar surface area (TPSA) is 9.23 Å². The molecule has 0 aliphatic heterocycles. The minimum atomic E-state index is -0.331. The lowest BCUT2D eigenvalue weighted by molar-refractivity contribution is 0.341. The molecule has 78 valence electrons. The van der Waals surface area contributed by atoms with Gasteiger partial charge in [-0.25, -0.2) is 4.39 Å². The Balaban J connectivity index is 0.000000791. The highest BCUT2D eigenvalue weighted by molar-refractivity contribution is 5.29. The Morgan fingerprint density at radius 3 is 2.64 bits per heavy atom. The molecule has 0 saturated carbocycles. The number of aryl methyl sites for hydroxylation is 1. The standard InChI is InChI=1S/C10H11FO.C2H6/c1-3-6-12-10-7-8(2)4-5-9(10)11;1-2/h3-5,7H,1,6H2,2H3;1-2H3. The van der Waals surface area contributed by atoms with Crippen LogP contribution in [0.5, 0.6) is 5.75 Å². The van der Waals surface area contributed by atoms with Gasteiger partial charge in [-0.2, -0.15) is 0 Å². The van der Waals surface area contributed by atoms with Gasteiger partial charge < -0.3 is 4.74 Å². The maximum atomic E-state index is 12.9. The van der Waals surface area contributed by atoms with E-state index in [4.69, 9.17) is 4.74 Å². The third-order valence-electron chi connectivity index (χ3n) is 1.44. The molecular formula is C12H17FO. The van der Waals surface area contributed by atoms with Crippen molar-refractivity contribution in [1.29, 1.82) is 0 Å². The second kappa shape index (κ2) is 7.13. The Bertz CT molecular complexity index is 282. The number of rotatable bonds is 3. The third kappa shape index (κ3) is 4.08. The van der Waals surface area contributed by atoms with Crippen LogP contribution in [0.1, 0.15) is 19.4 Å². The summed E-state index contributed by atoms with van der Waals surface area (Å²) >= 11 is 0. The summed E-state index contributed by atoms with van der Waals surface area (Å²) in [5.41, 5.74) is 0.982. The lowest BCUT2D eigenvalue weighted by atomic mass is 10.2. The van der Waals surface area contributed by atoms with Crippen molar-refractivity contribution in [3.63, 3.8) is 0 Å². The van der Waals surface area contributed by atoms with Gasteiger partial charge in [-0.3, -0.25) is 0 Å². The van der Waals surface area contributed by atoms with E-state index in [1.807, 2.05) is 20.8 Å². The molecule has 0 amide bonds. The summed E-state index contributed by atoms with van der Waals surface area (Å²) in [7, 11) is 0. The average molecular weight is 196 g/mol. The molecule has 0 aromatic heterocycles. The van der Waals surface area contributed by atoms with E-state index in [0.29, 0.717) is 6.61 Å². The molecule has 1 rings (SSSR count). The van der Waals surface area contributed by atoms with E-state index in [2.05, 4.69) is 6.58 Å². The van der Waals surface area contributed by atoms with E-state index in [1.54, 1.807) is 18.2 Å². The largest absolute Gasteiger partial charge is 0.486 e. The van der Waals surface area contributed by atoms with Crippen LogP contribution in [-0.2, 0) is 0 Å². The highest BCUT2D eigenvalue weighted by Gasteiger charge is 2.00. The van der Waals surface area contributed by atoms with Crippen molar-refractivity contribution in [2.24, 2.45) is 0 Å². The van der Waals surface area contributed by atoms with Gasteiger partial charge >= 0.3 is 0 Å². The summed E-state index contributed by atoms with van der Waals surface area (Å²) in [5, 5.41) is 0. The van der Waals surface area contributed by atoms with E-state index in [-0.39, 0.29) is 11.6 Å². The van der Waals surface area contributed by atoms with Crippen molar-refractivity contribution >= 4 is 0 Å². The SMILES string of the molecule is C=CCOc1cc(C)ccc1F.CC. The van der Waals surface area contributed by atoms with Gasteiger partial charge in [0.25, 0.3) is 0 Å². The second-order valence-corrected chi connectivity index (χ2v) is 2.53. The second-order valence-electron chi connectivity index (χ2n) is 2.53. The Morgan fingerprint density at radius 1 is 1.43 bits per heavy atom. The zero-order valence-corrected chi connectivity index (χ0v) is 9.01. The maximum Gasteiger partial charge on any atom is 0.165 e. The molecule has 0 unspecified atom stereocenters. The minimum absolute atomic E-state index is 0.287. The molecule has 0 aliphatic carbocycles. The highest BCUT2D eigenvalue weighted by Crippen LogP contribution is 2.17. The van der Waals surface area contributed by atoms with E-state index in [9.17, 15) is 4.39 Å². The molecule has 0 heterocycles. The lowest BCUT2D eigenvalue weighted by Gasteiger charge is -2.04. The average Bonchev–Trinajstić information content (AvgIpc) is 2.22. The molecule has 0 atom stereocenters. The Labute approximate surface area is 85.2 Å². The minimum Gasteiger partial charge on any atom is -0.486 e. The molecule has 0 spiro atoms. The predicted octanol–water partition coefficient (Wildman–Crippen LogP) is 3.73. The molecule has 0 bridgehead atoms. The quantitative estimate of drug-likeness (QED) is 0.669. The number of hydrogen-bond acceptors (Lipinski definition) is 1. The fourth-order valence-corrected chi connectivity index (χ4v) is 0.870. The van der Waals surface area contributed by atoms with Gasteiger partial charge in [0.2, 0.25) is 0 Å². The number of benzene rings is 1. The van der Waals surface area contributed by atoms with Crippen molar-refractivity contribution in [1.82, 2.24) is 0 Å². The smallest absolute Gasteiger partial charge is 0.165 e. The molecule has 0 radical (unpaired) electrons. The summed E-state index contributed by atoms with van der Waals surface area (Å²) in [4.78, 5) is 0. The summed E-state index contributed by atoms with van der Waals surface area (Å²) in [6, 6.07) is 4.77. The Kier molecular flexibility index (Phi) is 6.46. The number of hydrogen-bond donors (Lipinski definition) is 0. The van der Waals surface area contributed by atoms with Crippen molar-refractivity contribution in [3.05, 3.63) is 42.2 Å². The summed E-state index contributed by atoms with van der Waals surface area (Å²) < 4.78 is 18.0. The van der Waals surface area contributed by atoms with Crippen molar-refractivity contribution in [3.8, 4) is 5.75 Å². The van der Waals surface area contributed by atoms with Crippen molar-refractivity contribution < 1.29 is 9.13 Å². The third-order valence-corrected chi connectivity index (χ3v) is 1.44.